The van der Waals surface area contributed by atoms with Gasteiger partial charge in [-0.05, 0) is 50.0 Å². The number of rotatable bonds is 5. The number of benzene rings is 1. The van der Waals surface area contributed by atoms with Gasteiger partial charge in [0.2, 0.25) is 0 Å². The molecular formula is C24H26FN5O2. The van der Waals surface area contributed by atoms with Gasteiger partial charge in [-0.1, -0.05) is 17.7 Å². The fourth-order valence-corrected chi connectivity index (χ4v) is 4.25. The summed E-state index contributed by atoms with van der Waals surface area (Å²) in [5.41, 5.74) is 3.85. The van der Waals surface area contributed by atoms with Gasteiger partial charge in [0.25, 0.3) is 0 Å². The molecule has 3 heterocycles. The Morgan fingerprint density at radius 2 is 2.03 bits per heavy atom. The number of nitrogens with zero attached hydrogens (tertiary/aromatic N) is 4. The van der Waals surface area contributed by atoms with Crippen LogP contribution in [0.4, 0.5) is 16.0 Å². The zero-order valence-electron chi connectivity index (χ0n) is 18.5. The van der Waals surface area contributed by atoms with Crippen molar-refractivity contribution in [1.82, 2.24) is 9.97 Å². The molecular weight excluding hydrogens is 409 g/mol. The first-order valence-corrected chi connectivity index (χ1v) is 10.8. The minimum Gasteiger partial charge on any atom is -0.421 e. The molecule has 0 radical (unpaired) electrons. The normalized spacial score (nSPS) is 19.6. The first kappa shape index (κ1) is 20.6. The minimum atomic E-state index is -0.387. The Morgan fingerprint density at radius 3 is 2.78 bits per heavy atom. The number of aromatic nitrogens is 2. The summed E-state index contributed by atoms with van der Waals surface area (Å²) in [5, 5.41) is 3.23. The van der Waals surface area contributed by atoms with Crippen LogP contribution in [0.25, 0.3) is 6.08 Å². The van der Waals surface area contributed by atoms with Crippen molar-refractivity contribution < 1.29 is 13.9 Å². The summed E-state index contributed by atoms with van der Waals surface area (Å²) >= 11 is 0. The Bertz CT molecular complexity index is 1160. The second-order valence-corrected chi connectivity index (χ2v) is 8.52. The maximum absolute atomic E-state index is 15.1. The number of halogens is 1. The van der Waals surface area contributed by atoms with Crippen molar-refractivity contribution in [3.05, 3.63) is 52.4 Å². The van der Waals surface area contributed by atoms with E-state index >= 15 is 4.39 Å². The fraction of sp³-hybridized carbons (Fsp3) is 0.375. The number of allylic oxidation sites excluding steroid dienone is 1. The number of ether oxygens (including phenoxy) is 2. The van der Waals surface area contributed by atoms with E-state index in [0.29, 0.717) is 23.7 Å². The van der Waals surface area contributed by atoms with Crippen LogP contribution >= 0.6 is 0 Å². The lowest BCUT2D eigenvalue weighted by Gasteiger charge is -2.19. The SMILES string of the molecule is COC1CCN(c2cc(NC3=NCC(C)=C3)nc(Oc3ccc4c(c3F)C=C(C)C4)n2)C1. The van der Waals surface area contributed by atoms with Crippen LogP contribution < -0.4 is 15.0 Å². The number of amidine groups is 1. The van der Waals surface area contributed by atoms with Gasteiger partial charge in [0.1, 0.15) is 17.5 Å². The summed E-state index contributed by atoms with van der Waals surface area (Å²) in [7, 11) is 1.72. The Labute approximate surface area is 186 Å². The van der Waals surface area contributed by atoms with E-state index in [1.165, 1.54) is 5.57 Å². The maximum atomic E-state index is 15.1. The van der Waals surface area contributed by atoms with E-state index in [0.717, 1.165) is 42.9 Å². The summed E-state index contributed by atoms with van der Waals surface area (Å²) in [6.45, 7) is 6.23. The molecule has 8 heteroatoms. The molecule has 7 nitrogen and oxygen atoms in total. The van der Waals surface area contributed by atoms with Crippen LogP contribution in [-0.4, -0.2) is 48.7 Å². The van der Waals surface area contributed by atoms with Gasteiger partial charge in [-0.2, -0.15) is 9.97 Å². The van der Waals surface area contributed by atoms with Crippen molar-refractivity contribution in [1.29, 1.82) is 0 Å². The van der Waals surface area contributed by atoms with E-state index in [4.69, 9.17) is 9.47 Å². The number of aliphatic imine (C=N–C) groups is 1. The molecule has 0 bridgehead atoms. The summed E-state index contributed by atoms with van der Waals surface area (Å²) in [5.74, 6) is 1.71. The summed E-state index contributed by atoms with van der Waals surface area (Å²) in [4.78, 5) is 15.6. The zero-order valence-corrected chi connectivity index (χ0v) is 18.5. The van der Waals surface area contributed by atoms with Crippen molar-refractivity contribution in [3.8, 4) is 11.8 Å². The van der Waals surface area contributed by atoms with Gasteiger partial charge >= 0.3 is 6.01 Å². The molecule has 0 spiro atoms. The molecule has 32 heavy (non-hydrogen) atoms. The molecule has 2 aromatic rings. The number of hydrogen-bond donors (Lipinski definition) is 1. The van der Waals surface area contributed by atoms with Crippen LogP contribution in [0.1, 0.15) is 31.4 Å². The third-order valence-corrected chi connectivity index (χ3v) is 5.93. The molecule has 1 unspecified atom stereocenters. The number of fused-ring (bicyclic) bond motifs is 1. The standard InChI is InChI=1S/C24H26FN5O2/c1-14-8-16-4-5-19(23(25)18(16)9-14)32-24-28-21(27-20-10-15(2)12-26-20)11-22(29-24)30-7-6-17(13-30)31-3/h4-5,9-11,17H,6-8,12-13H2,1-3H3,(H,26,27,28,29). The molecule has 2 aliphatic heterocycles. The second kappa shape index (κ2) is 8.35. The third kappa shape index (κ3) is 4.10. The van der Waals surface area contributed by atoms with E-state index < -0.39 is 0 Å². The van der Waals surface area contributed by atoms with E-state index in [-0.39, 0.29) is 23.7 Å². The van der Waals surface area contributed by atoms with Gasteiger partial charge < -0.3 is 19.7 Å². The largest absolute Gasteiger partial charge is 0.421 e. The lowest BCUT2D eigenvalue weighted by atomic mass is 10.1. The van der Waals surface area contributed by atoms with Gasteiger partial charge in [0.15, 0.2) is 11.6 Å². The van der Waals surface area contributed by atoms with Gasteiger partial charge in [0, 0.05) is 31.8 Å². The highest BCUT2D eigenvalue weighted by molar-refractivity contribution is 6.05. The average molecular weight is 436 g/mol. The Balaban J connectivity index is 1.47. The number of hydrogen-bond acceptors (Lipinski definition) is 7. The quantitative estimate of drug-likeness (QED) is 0.752. The van der Waals surface area contributed by atoms with Crippen molar-refractivity contribution in [2.24, 2.45) is 4.99 Å². The highest BCUT2D eigenvalue weighted by Crippen LogP contribution is 2.34. The van der Waals surface area contributed by atoms with Crippen LogP contribution in [0.5, 0.6) is 11.8 Å². The van der Waals surface area contributed by atoms with E-state index in [2.05, 4.69) is 25.2 Å². The maximum Gasteiger partial charge on any atom is 0.326 e. The van der Waals surface area contributed by atoms with E-state index in [1.54, 1.807) is 13.2 Å². The predicted octanol–water partition coefficient (Wildman–Crippen LogP) is 4.36. The molecule has 0 saturated carbocycles. The van der Waals surface area contributed by atoms with Gasteiger partial charge in [-0.15, -0.1) is 0 Å². The number of nitrogens with one attached hydrogen (secondary N) is 1. The molecule has 166 valence electrons. The number of methoxy groups -OCH3 is 1. The van der Waals surface area contributed by atoms with Gasteiger partial charge in [-0.25, -0.2) is 4.39 Å². The molecule has 1 aliphatic carbocycles. The van der Waals surface area contributed by atoms with Crippen molar-refractivity contribution >= 4 is 23.5 Å². The monoisotopic (exact) mass is 435 g/mol. The molecule has 1 atom stereocenters. The van der Waals surface area contributed by atoms with Crippen LogP contribution in [0.2, 0.25) is 0 Å². The molecule has 1 aromatic heterocycles. The summed E-state index contributed by atoms with van der Waals surface area (Å²) in [6.07, 6.45) is 5.67. The number of anilines is 2. The Hall–Kier alpha value is -3.26. The van der Waals surface area contributed by atoms with Crippen LogP contribution in [0, 0.1) is 5.82 Å². The molecule has 5 rings (SSSR count). The zero-order chi connectivity index (χ0) is 22.2. The highest BCUT2D eigenvalue weighted by atomic mass is 19.1. The predicted molar refractivity (Wildman–Crippen MR) is 123 cm³/mol. The average Bonchev–Trinajstić information content (AvgIpc) is 3.50. The molecule has 1 N–H and O–H groups in total. The lowest BCUT2D eigenvalue weighted by molar-refractivity contribution is 0.121. The first-order valence-electron chi connectivity index (χ1n) is 10.8. The molecule has 0 amide bonds. The Morgan fingerprint density at radius 1 is 1.16 bits per heavy atom. The molecule has 1 aromatic carbocycles. The highest BCUT2D eigenvalue weighted by Gasteiger charge is 2.25. The molecule has 3 aliphatic rings. The lowest BCUT2D eigenvalue weighted by Crippen LogP contribution is -2.23. The molecule has 1 saturated heterocycles. The van der Waals surface area contributed by atoms with Gasteiger partial charge in [0.05, 0.1) is 12.6 Å². The van der Waals surface area contributed by atoms with Crippen LogP contribution in [-0.2, 0) is 11.2 Å². The van der Waals surface area contributed by atoms with Gasteiger partial charge in [-0.3, -0.25) is 4.99 Å². The Kier molecular flexibility index (Phi) is 5.38. The van der Waals surface area contributed by atoms with Crippen molar-refractivity contribution in [3.63, 3.8) is 0 Å². The summed E-state index contributed by atoms with van der Waals surface area (Å²) < 4.78 is 26.5. The fourth-order valence-electron chi connectivity index (χ4n) is 4.25. The van der Waals surface area contributed by atoms with Crippen LogP contribution in [0.3, 0.4) is 0 Å². The van der Waals surface area contributed by atoms with Crippen LogP contribution in [0.15, 0.2) is 40.4 Å². The van der Waals surface area contributed by atoms with E-state index in [1.807, 2.05) is 38.1 Å². The third-order valence-electron chi connectivity index (χ3n) is 5.93. The minimum absolute atomic E-state index is 0.0858. The topological polar surface area (TPSA) is 71.9 Å². The summed E-state index contributed by atoms with van der Waals surface area (Å²) in [6, 6.07) is 5.49. The molecule has 1 fully saturated rings. The van der Waals surface area contributed by atoms with Crippen molar-refractivity contribution in [2.75, 3.05) is 37.0 Å². The van der Waals surface area contributed by atoms with Crippen molar-refractivity contribution in [2.45, 2.75) is 32.8 Å². The second-order valence-electron chi connectivity index (χ2n) is 8.52. The van der Waals surface area contributed by atoms with E-state index in [9.17, 15) is 0 Å². The smallest absolute Gasteiger partial charge is 0.326 e. The first-order chi connectivity index (χ1) is 15.5.